The van der Waals surface area contributed by atoms with Gasteiger partial charge in [-0.05, 0) is 117 Å². The average molecular weight is 793 g/mol. The Morgan fingerprint density at radius 2 is 1.66 bits per heavy atom. The summed E-state index contributed by atoms with van der Waals surface area (Å²) >= 11 is 0. The molecule has 4 saturated heterocycles. The molecule has 1 spiro atoms. The van der Waals surface area contributed by atoms with Gasteiger partial charge in [0.2, 0.25) is 10.0 Å². The summed E-state index contributed by atoms with van der Waals surface area (Å²) in [5.41, 5.74) is 0.660. The van der Waals surface area contributed by atoms with Gasteiger partial charge in [0, 0.05) is 56.3 Å². The summed E-state index contributed by atoms with van der Waals surface area (Å²) < 4.78 is 54.9. The van der Waals surface area contributed by atoms with Gasteiger partial charge in [-0.25, -0.2) is 22.6 Å². The van der Waals surface area contributed by atoms with E-state index in [2.05, 4.69) is 25.0 Å². The van der Waals surface area contributed by atoms with Crippen molar-refractivity contribution in [1.29, 1.82) is 0 Å². The molecule has 5 heterocycles. The number of piperidine rings is 1. The number of amides is 2. The molecule has 7 rings (SSSR count). The Kier molecular flexibility index (Phi) is 10.8. The molecule has 56 heavy (non-hydrogen) atoms. The Bertz CT molecular complexity index is 2040. The van der Waals surface area contributed by atoms with Crippen molar-refractivity contribution in [2.24, 2.45) is 5.41 Å². The number of hydrogen-bond donors (Lipinski definition) is 0. The molecule has 2 bridgehead atoms. The molecule has 2 atom stereocenters. The molecule has 0 N–H and O–H groups in total. The van der Waals surface area contributed by atoms with Gasteiger partial charge in [0.1, 0.15) is 23.5 Å². The minimum atomic E-state index is -3.70. The predicted molar refractivity (Wildman–Crippen MR) is 207 cm³/mol. The molecule has 4 aliphatic rings. The molecule has 302 valence electrons. The van der Waals surface area contributed by atoms with Gasteiger partial charge < -0.3 is 24.2 Å². The second-order valence-corrected chi connectivity index (χ2v) is 19.1. The van der Waals surface area contributed by atoms with Gasteiger partial charge in [0.15, 0.2) is 5.82 Å². The van der Waals surface area contributed by atoms with E-state index in [4.69, 9.17) is 9.47 Å². The number of benzene rings is 2. The minimum absolute atomic E-state index is 0.0986. The average Bonchev–Trinajstić information content (AvgIpc) is 3.74. The fourth-order valence-corrected chi connectivity index (χ4v) is 10.3. The van der Waals surface area contributed by atoms with Gasteiger partial charge in [-0.15, -0.1) is 10.2 Å². The van der Waals surface area contributed by atoms with Crippen LogP contribution in [0, 0.1) is 11.2 Å². The van der Waals surface area contributed by atoms with Crippen molar-refractivity contribution in [2.75, 3.05) is 44.2 Å². The van der Waals surface area contributed by atoms with Gasteiger partial charge in [0.25, 0.3) is 11.8 Å². The van der Waals surface area contributed by atoms with Gasteiger partial charge in [-0.2, -0.15) is 4.31 Å². The number of fused-ring (bicyclic) bond motifs is 2. The predicted octanol–water partition coefficient (Wildman–Crippen LogP) is 5.55. The van der Waals surface area contributed by atoms with Crippen molar-refractivity contribution in [1.82, 2.24) is 34.2 Å². The van der Waals surface area contributed by atoms with Crippen LogP contribution in [-0.4, -0.2) is 124 Å². The molecule has 2 amide bonds. The molecule has 1 aromatic heterocycles. The number of hydrogen-bond acceptors (Lipinski definition) is 11. The van der Waals surface area contributed by atoms with E-state index in [0.29, 0.717) is 18.8 Å². The summed E-state index contributed by atoms with van der Waals surface area (Å²) in [6.07, 6.45) is 3.57. The van der Waals surface area contributed by atoms with Crippen LogP contribution in [0.25, 0.3) is 0 Å². The van der Waals surface area contributed by atoms with E-state index < -0.39 is 21.4 Å². The SMILES string of the molecule is CC(C)N(C(=O)c1cc(F)ccc1Oc1nncnc1N1CC2(CCN(Cc3ccc(S(=O)(=O)N4C[C@@H]5C[C@H]4CN5C(=O)OC(C)(C)C)cc3)CC2)C1)C(C)C. The largest absolute Gasteiger partial charge is 0.444 e. The molecule has 4 aliphatic heterocycles. The Morgan fingerprint density at radius 1 is 0.982 bits per heavy atom. The first kappa shape index (κ1) is 39.8. The molecule has 14 nitrogen and oxygen atoms in total. The Labute approximate surface area is 329 Å². The number of anilines is 1. The molecule has 16 heteroatoms. The number of ether oxygens (including phenoxy) is 2. The highest BCUT2D eigenvalue weighted by atomic mass is 32.2. The van der Waals surface area contributed by atoms with Gasteiger partial charge >= 0.3 is 6.09 Å². The molecular weight excluding hydrogens is 740 g/mol. The van der Waals surface area contributed by atoms with Crippen molar-refractivity contribution in [3.05, 3.63) is 65.7 Å². The second-order valence-electron chi connectivity index (χ2n) is 17.3. The number of likely N-dealkylation sites (tertiary alicyclic amines) is 2. The maximum Gasteiger partial charge on any atom is 0.410 e. The number of carbonyl (C=O) groups is 2. The zero-order chi connectivity index (χ0) is 40.2. The van der Waals surface area contributed by atoms with Crippen molar-refractivity contribution in [3.8, 4) is 11.6 Å². The second kappa shape index (κ2) is 15.2. The summed E-state index contributed by atoms with van der Waals surface area (Å²) in [6, 6.07) is 10.5. The highest BCUT2D eigenvalue weighted by molar-refractivity contribution is 7.89. The van der Waals surface area contributed by atoms with Crippen LogP contribution in [0.5, 0.6) is 11.6 Å². The molecule has 0 saturated carbocycles. The molecule has 4 fully saturated rings. The fourth-order valence-electron chi connectivity index (χ4n) is 8.65. The van der Waals surface area contributed by atoms with Crippen molar-refractivity contribution < 1.29 is 31.9 Å². The highest BCUT2D eigenvalue weighted by Crippen LogP contribution is 2.45. The standard InChI is InChI=1S/C40H53FN8O6S/c1-26(2)49(27(3)4)37(50)33-18-29(41)10-13-34(33)54-36-35(42-25-43-44-36)46-23-40(24-46)14-16-45(17-15-40)20-28-8-11-32(12-9-28)56(52,53)48-22-30-19-31(48)21-47(30)38(51)55-39(5,6)7/h8-13,18,25-27,30-31H,14-17,19-24H2,1-7H3/t30-,31-/m0/s1. The summed E-state index contributed by atoms with van der Waals surface area (Å²) in [5.74, 6) is 0.00690. The minimum Gasteiger partial charge on any atom is -0.444 e. The lowest BCUT2D eigenvalue weighted by atomic mass is 9.72. The number of carbonyl (C=O) groups excluding carboxylic acids is 2. The number of rotatable bonds is 10. The van der Waals surface area contributed by atoms with Crippen LogP contribution in [0.2, 0.25) is 0 Å². The monoisotopic (exact) mass is 792 g/mol. The Balaban J connectivity index is 0.927. The maximum atomic E-state index is 14.4. The molecule has 3 aromatic rings. The van der Waals surface area contributed by atoms with E-state index >= 15 is 0 Å². The zero-order valence-corrected chi connectivity index (χ0v) is 34.1. The lowest BCUT2D eigenvalue weighted by Gasteiger charge is -2.54. The van der Waals surface area contributed by atoms with Crippen molar-refractivity contribution >= 4 is 27.8 Å². The van der Waals surface area contributed by atoms with E-state index in [0.717, 1.165) is 51.1 Å². The van der Waals surface area contributed by atoms with Crippen LogP contribution in [0.4, 0.5) is 15.0 Å². The van der Waals surface area contributed by atoms with Gasteiger partial charge in [-0.3, -0.25) is 9.69 Å². The molecule has 2 aromatic carbocycles. The third kappa shape index (κ3) is 8.05. The number of aromatic nitrogens is 3. The van der Waals surface area contributed by atoms with Crippen LogP contribution in [-0.2, 0) is 21.3 Å². The van der Waals surface area contributed by atoms with E-state index in [1.807, 2.05) is 60.6 Å². The third-order valence-corrected chi connectivity index (χ3v) is 13.3. The lowest BCUT2D eigenvalue weighted by Crippen LogP contribution is -2.60. The van der Waals surface area contributed by atoms with E-state index in [1.165, 1.54) is 24.5 Å². The van der Waals surface area contributed by atoms with Crippen LogP contribution in [0.3, 0.4) is 0 Å². The highest BCUT2D eigenvalue weighted by Gasteiger charge is 2.51. The molecule has 0 aliphatic carbocycles. The van der Waals surface area contributed by atoms with Crippen LogP contribution in [0.1, 0.15) is 83.7 Å². The number of halogens is 1. The summed E-state index contributed by atoms with van der Waals surface area (Å²) in [5, 5.41) is 8.16. The maximum absolute atomic E-state index is 14.4. The van der Waals surface area contributed by atoms with E-state index in [9.17, 15) is 22.4 Å². The Morgan fingerprint density at radius 3 is 2.27 bits per heavy atom. The van der Waals surface area contributed by atoms with E-state index in [1.54, 1.807) is 26.2 Å². The van der Waals surface area contributed by atoms with Crippen LogP contribution in [0.15, 0.2) is 53.7 Å². The van der Waals surface area contributed by atoms with Crippen LogP contribution >= 0.6 is 0 Å². The number of piperazine rings is 1. The first-order chi connectivity index (χ1) is 26.4. The quantitative estimate of drug-likeness (QED) is 0.255. The lowest BCUT2D eigenvalue weighted by molar-refractivity contribution is 0.0172. The molecule has 0 radical (unpaired) electrons. The summed E-state index contributed by atoms with van der Waals surface area (Å²) in [6.45, 7) is 17.8. The summed E-state index contributed by atoms with van der Waals surface area (Å²) in [4.78, 5) is 38.9. The third-order valence-electron chi connectivity index (χ3n) is 11.3. The van der Waals surface area contributed by atoms with E-state index in [-0.39, 0.29) is 70.2 Å². The number of nitrogens with zero attached hydrogens (tertiary/aromatic N) is 8. The van der Waals surface area contributed by atoms with Crippen molar-refractivity contribution in [2.45, 2.75) is 109 Å². The fraction of sp³-hybridized carbons (Fsp3) is 0.575. The number of sulfonamides is 1. The van der Waals surface area contributed by atoms with Crippen LogP contribution < -0.4 is 9.64 Å². The molecular formula is C40H53FN8O6S. The Hall–Kier alpha value is -4.41. The topological polar surface area (TPSA) is 142 Å². The van der Waals surface area contributed by atoms with Crippen molar-refractivity contribution in [3.63, 3.8) is 0 Å². The molecule has 0 unspecified atom stereocenters. The van der Waals surface area contributed by atoms with Gasteiger partial charge in [-0.1, -0.05) is 12.1 Å². The first-order valence-electron chi connectivity index (χ1n) is 19.5. The first-order valence-corrected chi connectivity index (χ1v) is 20.9. The summed E-state index contributed by atoms with van der Waals surface area (Å²) in [7, 11) is -3.70. The van der Waals surface area contributed by atoms with Gasteiger partial charge in [0.05, 0.1) is 16.5 Å². The normalized spacial score (nSPS) is 21.2. The zero-order valence-electron chi connectivity index (χ0n) is 33.3. The smallest absolute Gasteiger partial charge is 0.410 e.